The second-order valence-electron chi connectivity index (χ2n) is 8.36. The number of benzene rings is 1. The zero-order chi connectivity index (χ0) is 19.9. The number of primary amides is 1. The van der Waals surface area contributed by atoms with Gasteiger partial charge in [-0.1, -0.05) is 12.8 Å². The molecule has 0 aromatic heterocycles. The predicted molar refractivity (Wildman–Crippen MR) is 98.8 cm³/mol. The first-order valence-electron chi connectivity index (χ1n) is 9.94. The lowest BCUT2D eigenvalue weighted by molar-refractivity contribution is -0.274. The number of amides is 1. The molecule has 2 saturated carbocycles. The Hall–Kier alpha value is -1.96. The molecule has 4 atom stereocenters. The van der Waals surface area contributed by atoms with Crippen molar-refractivity contribution in [1.29, 1.82) is 0 Å². The summed E-state index contributed by atoms with van der Waals surface area (Å²) >= 11 is 0. The van der Waals surface area contributed by atoms with Crippen molar-refractivity contribution in [3.63, 3.8) is 0 Å². The lowest BCUT2D eigenvalue weighted by Gasteiger charge is -2.26. The number of carbonyl (C=O) groups is 1. The first kappa shape index (κ1) is 19.4. The summed E-state index contributed by atoms with van der Waals surface area (Å²) in [4.78, 5) is 14.0. The van der Waals surface area contributed by atoms with Crippen LogP contribution in [0.3, 0.4) is 0 Å². The number of alkyl halides is 3. The number of rotatable bonds is 7. The fourth-order valence-corrected chi connectivity index (χ4v) is 4.75. The van der Waals surface area contributed by atoms with Gasteiger partial charge in [0.15, 0.2) is 0 Å². The summed E-state index contributed by atoms with van der Waals surface area (Å²) in [5, 5.41) is 3.52. The van der Waals surface area contributed by atoms with Crippen molar-refractivity contribution in [2.45, 2.75) is 50.6 Å². The van der Waals surface area contributed by atoms with Gasteiger partial charge in [-0.3, -0.25) is 4.79 Å². The zero-order valence-electron chi connectivity index (χ0n) is 15.6. The topological polar surface area (TPSA) is 67.6 Å². The maximum absolute atomic E-state index is 12.3. The molecule has 0 spiro atoms. The van der Waals surface area contributed by atoms with Gasteiger partial charge in [-0.25, -0.2) is 0 Å². The number of fused-ring (bicyclic) bond motifs is 1. The highest BCUT2D eigenvalue weighted by Gasteiger charge is 2.44. The minimum Gasteiger partial charge on any atom is -0.406 e. The summed E-state index contributed by atoms with van der Waals surface area (Å²) in [6.45, 7) is 1.71. The van der Waals surface area contributed by atoms with E-state index in [1.807, 2.05) is 0 Å². The molecule has 3 aliphatic rings. The van der Waals surface area contributed by atoms with Gasteiger partial charge in [0.1, 0.15) is 5.75 Å². The number of nitrogens with two attached hydrogens (primary N) is 1. The van der Waals surface area contributed by atoms with Crippen molar-refractivity contribution in [2.24, 2.45) is 23.5 Å². The molecule has 1 aromatic carbocycles. The van der Waals surface area contributed by atoms with Crippen LogP contribution in [0.5, 0.6) is 5.75 Å². The van der Waals surface area contributed by atoms with Gasteiger partial charge in [-0.15, -0.1) is 13.2 Å². The van der Waals surface area contributed by atoms with Crippen molar-refractivity contribution in [2.75, 3.05) is 18.0 Å². The molecule has 4 rings (SSSR count). The van der Waals surface area contributed by atoms with Gasteiger partial charge in [0.05, 0.1) is 6.04 Å². The van der Waals surface area contributed by atoms with E-state index in [0.717, 1.165) is 38.0 Å². The van der Waals surface area contributed by atoms with Gasteiger partial charge in [-0.2, -0.15) is 0 Å². The Labute approximate surface area is 162 Å². The van der Waals surface area contributed by atoms with Crippen molar-refractivity contribution in [3.05, 3.63) is 24.3 Å². The number of hydrogen-bond donors (Lipinski definition) is 2. The van der Waals surface area contributed by atoms with E-state index >= 15 is 0 Å². The first-order valence-corrected chi connectivity index (χ1v) is 9.94. The third kappa shape index (κ3) is 4.54. The Morgan fingerprint density at radius 3 is 2.50 bits per heavy atom. The molecule has 1 heterocycles. The molecule has 0 bridgehead atoms. The fraction of sp³-hybridized carbons (Fsp3) is 0.650. The molecule has 0 radical (unpaired) electrons. The van der Waals surface area contributed by atoms with Crippen molar-refractivity contribution < 1.29 is 22.7 Å². The lowest BCUT2D eigenvalue weighted by Crippen LogP contribution is -2.48. The van der Waals surface area contributed by atoms with E-state index in [1.54, 1.807) is 12.1 Å². The van der Waals surface area contributed by atoms with Crippen LogP contribution in [0, 0.1) is 17.8 Å². The summed E-state index contributed by atoms with van der Waals surface area (Å²) in [5.41, 5.74) is 6.50. The van der Waals surface area contributed by atoms with Crippen LogP contribution in [0.1, 0.15) is 32.1 Å². The maximum atomic E-state index is 12.3. The van der Waals surface area contributed by atoms with Crippen molar-refractivity contribution in [1.82, 2.24) is 5.32 Å². The molecule has 8 heteroatoms. The second kappa shape index (κ2) is 7.46. The Balaban J connectivity index is 1.36. The monoisotopic (exact) mass is 397 g/mol. The number of hydrogen-bond acceptors (Lipinski definition) is 4. The molecule has 1 unspecified atom stereocenters. The van der Waals surface area contributed by atoms with Crippen molar-refractivity contribution in [3.8, 4) is 5.75 Å². The van der Waals surface area contributed by atoms with Crippen LogP contribution in [-0.2, 0) is 4.79 Å². The SMILES string of the molecule is NC(=O)C(CC1CC1)N[C@H]1CC[C@@H]2CN(c3ccc(OC(F)(F)F)cc3)C[C@@H]21. The van der Waals surface area contributed by atoms with Gasteiger partial charge < -0.3 is 20.7 Å². The molecule has 2 aliphatic carbocycles. The van der Waals surface area contributed by atoms with Crippen LogP contribution in [-0.4, -0.2) is 37.4 Å². The molecular formula is C20H26F3N3O2. The van der Waals surface area contributed by atoms with Crippen LogP contribution in [0.15, 0.2) is 24.3 Å². The molecule has 1 saturated heterocycles. The molecule has 28 heavy (non-hydrogen) atoms. The second-order valence-corrected chi connectivity index (χ2v) is 8.36. The Morgan fingerprint density at radius 2 is 1.89 bits per heavy atom. The van der Waals surface area contributed by atoms with E-state index in [0.29, 0.717) is 17.8 Å². The maximum Gasteiger partial charge on any atom is 0.573 e. The predicted octanol–water partition coefficient (Wildman–Crippen LogP) is 3.04. The lowest BCUT2D eigenvalue weighted by atomic mass is 9.96. The van der Waals surface area contributed by atoms with Crippen LogP contribution >= 0.6 is 0 Å². The van der Waals surface area contributed by atoms with E-state index in [1.165, 1.54) is 25.0 Å². The number of carbonyl (C=O) groups excluding carboxylic acids is 1. The van der Waals surface area contributed by atoms with Gasteiger partial charge in [0, 0.05) is 24.8 Å². The van der Waals surface area contributed by atoms with Crippen LogP contribution in [0.4, 0.5) is 18.9 Å². The molecular weight excluding hydrogens is 371 g/mol. The van der Waals surface area contributed by atoms with Crippen LogP contribution in [0.2, 0.25) is 0 Å². The summed E-state index contributed by atoms with van der Waals surface area (Å²) in [5.74, 6) is 1.09. The number of ether oxygens (including phenoxy) is 1. The van der Waals surface area contributed by atoms with Crippen LogP contribution in [0.25, 0.3) is 0 Å². The highest BCUT2D eigenvalue weighted by atomic mass is 19.4. The van der Waals surface area contributed by atoms with Gasteiger partial charge >= 0.3 is 6.36 Å². The quantitative estimate of drug-likeness (QED) is 0.742. The summed E-state index contributed by atoms with van der Waals surface area (Å²) in [7, 11) is 0. The highest BCUT2D eigenvalue weighted by molar-refractivity contribution is 5.79. The smallest absolute Gasteiger partial charge is 0.406 e. The minimum absolute atomic E-state index is 0.209. The van der Waals surface area contributed by atoms with Gasteiger partial charge in [0.2, 0.25) is 5.91 Å². The molecule has 1 aliphatic heterocycles. The van der Waals surface area contributed by atoms with E-state index in [9.17, 15) is 18.0 Å². The van der Waals surface area contributed by atoms with Crippen LogP contribution < -0.4 is 20.7 Å². The summed E-state index contributed by atoms with van der Waals surface area (Å²) in [6.07, 6.45) is 0.642. The molecule has 5 nitrogen and oxygen atoms in total. The van der Waals surface area contributed by atoms with Gasteiger partial charge in [0.25, 0.3) is 0 Å². The normalized spacial score (nSPS) is 28.2. The Bertz CT molecular complexity index is 706. The first-order chi connectivity index (χ1) is 13.3. The zero-order valence-corrected chi connectivity index (χ0v) is 15.6. The minimum atomic E-state index is -4.68. The molecule has 1 aromatic rings. The third-order valence-corrected chi connectivity index (χ3v) is 6.32. The average molecular weight is 397 g/mol. The van der Waals surface area contributed by atoms with E-state index < -0.39 is 6.36 Å². The molecule has 1 amide bonds. The number of nitrogens with one attached hydrogen (secondary N) is 1. The Morgan fingerprint density at radius 1 is 1.18 bits per heavy atom. The summed E-state index contributed by atoms with van der Waals surface area (Å²) < 4.78 is 40.9. The Kier molecular flexibility index (Phi) is 5.16. The molecule has 3 fully saturated rings. The van der Waals surface area contributed by atoms with E-state index in [2.05, 4.69) is 15.0 Å². The molecule has 154 valence electrons. The largest absolute Gasteiger partial charge is 0.573 e. The molecule has 3 N–H and O–H groups in total. The van der Waals surface area contributed by atoms with E-state index in [-0.39, 0.29) is 23.7 Å². The van der Waals surface area contributed by atoms with Gasteiger partial charge in [-0.05, 0) is 61.3 Å². The third-order valence-electron chi connectivity index (χ3n) is 6.32. The highest BCUT2D eigenvalue weighted by Crippen LogP contribution is 2.41. The van der Waals surface area contributed by atoms with Crippen molar-refractivity contribution >= 4 is 11.6 Å². The van der Waals surface area contributed by atoms with E-state index in [4.69, 9.17) is 5.73 Å². The standard InChI is InChI=1S/C20H26F3N3O2/c21-20(22,23)28-15-6-4-14(5-7-15)26-10-13-3-8-17(16(13)11-26)25-18(19(24)27)9-12-1-2-12/h4-7,12-13,16-18,25H,1-3,8-11H2,(H2,24,27)/t13-,16+,17+,18?/m1/s1. The summed E-state index contributed by atoms with van der Waals surface area (Å²) in [6, 6.07) is 6.05. The average Bonchev–Trinajstić information content (AvgIpc) is 3.20. The fourth-order valence-electron chi connectivity index (χ4n) is 4.75. The number of nitrogens with zero attached hydrogens (tertiary/aromatic N) is 1. The number of anilines is 1. The number of halogens is 3.